The Morgan fingerprint density at radius 1 is 1.46 bits per heavy atom. The van der Waals surface area contributed by atoms with Crippen LogP contribution in [0.15, 0.2) is 24.4 Å². The molecule has 1 atom stereocenters. The third-order valence-electron chi connectivity index (χ3n) is 2.15. The molecule has 0 aromatic rings. The van der Waals surface area contributed by atoms with E-state index in [-0.39, 0.29) is 0 Å². The van der Waals surface area contributed by atoms with Crippen LogP contribution in [0.1, 0.15) is 46.5 Å². The summed E-state index contributed by atoms with van der Waals surface area (Å²) in [6.07, 6.45) is 8.80. The third kappa shape index (κ3) is 6.44. The maximum absolute atomic E-state index is 3.74. The Bertz CT molecular complexity index is 159. The fourth-order valence-electron chi connectivity index (χ4n) is 1.38. The summed E-state index contributed by atoms with van der Waals surface area (Å²) in [5.41, 5.74) is 1.30. The first-order valence-electron chi connectivity index (χ1n) is 5.28. The minimum absolute atomic E-state index is 0.612. The second-order valence-electron chi connectivity index (χ2n) is 3.41. The fourth-order valence-corrected chi connectivity index (χ4v) is 1.38. The molecule has 0 fully saturated rings. The molecule has 0 aromatic heterocycles. The van der Waals surface area contributed by atoms with Crippen molar-refractivity contribution in [2.75, 3.05) is 0 Å². The average molecular weight is 181 g/mol. The second-order valence-corrected chi connectivity index (χ2v) is 3.41. The van der Waals surface area contributed by atoms with Gasteiger partial charge >= 0.3 is 0 Å². The molecule has 0 radical (unpaired) electrons. The molecule has 0 rings (SSSR count). The highest BCUT2D eigenvalue weighted by Crippen LogP contribution is 2.04. The summed E-state index contributed by atoms with van der Waals surface area (Å²) >= 11 is 0. The smallest absolute Gasteiger partial charge is 0.0258 e. The van der Waals surface area contributed by atoms with Gasteiger partial charge in [-0.3, -0.25) is 0 Å². The number of nitrogens with one attached hydrogen (secondary N) is 1. The van der Waals surface area contributed by atoms with Crippen molar-refractivity contribution in [3.63, 3.8) is 0 Å². The first-order valence-corrected chi connectivity index (χ1v) is 5.28. The molecule has 0 bridgehead atoms. The molecule has 1 N–H and O–H groups in total. The van der Waals surface area contributed by atoms with Gasteiger partial charge in [-0.2, -0.15) is 0 Å². The van der Waals surface area contributed by atoms with Gasteiger partial charge in [0, 0.05) is 11.7 Å². The molecule has 0 spiro atoms. The van der Waals surface area contributed by atoms with E-state index in [1.54, 1.807) is 0 Å². The summed E-state index contributed by atoms with van der Waals surface area (Å²) in [7, 11) is 0. The lowest BCUT2D eigenvalue weighted by Crippen LogP contribution is -2.26. The lowest BCUT2D eigenvalue weighted by Gasteiger charge is -2.17. The van der Waals surface area contributed by atoms with E-state index in [1.807, 2.05) is 6.08 Å². The molecule has 76 valence electrons. The van der Waals surface area contributed by atoms with Crippen molar-refractivity contribution in [2.45, 2.75) is 52.5 Å². The molecule has 1 unspecified atom stereocenters. The van der Waals surface area contributed by atoms with E-state index in [0.717, 1.165) is 12.8 Å². The summed E-state index contributed by atoms with van der Waals surface area (Å²) in [5, 5.41) is 3.52. The molecule has 0 saturated carbocycles. The lowest BCUT2D eigenvalue weighted by atomic mass is 10.1. The zero-order valence-corrected chi connectivity index (χ0v) is 9.27. The maximum Gasteiger partial charge on any atom is 0.0258 e. The molecule has 0 aliphatic carbocycles. The van der Waals surface area contributed by atoms with E-state index in [4.69, 9.17) is 0 Å². The molecule has 1 nitrogen and oxygen atoms in total. The van der Waals surface area contributed by atoms with E-state index in [0.29, 0.717) is 6.04 Å². The molecule has 0 amide bonds. The van der Waals surface area contributed by atoms with Crippen molar-refractivity contribution in [1.29, 1.82) is 0 Å². The van der Waals surface area contributed by atoms with Crippen molar-refractivity contribution in [2.24, 2.45) is 0 Å². The molecule has 0 aliphatic heterocycles. The molecule has 13 heavy (non-hydrogen) atoms. The van der Waals surface area contributed by atoms with Crippen molar-refractivity contribution in [3.8, 4) is 0 Å². The van der Waals surface area contributed by atoms with Crippen LogP contribution in [-0.2, 0) is 0 Å². The number of hydrogen-bond donors (Lipinski definition) is 1. The summed E-state index contributed by atoms with van der Waals surface area (Å²) in [5.74, 6) is 0. The van der Waals surface area contributed by atoms with E-state index >= 15 is 0 Å². The predicted molar refractivity (Wildman–Crippen MR) is 60.7 cm³/mol. The van der Waals surface area contributed by atoms with Gasteiger partial charge in [0.1, 0.15) is 0 Å². The Kier molecular flexibility index (Phi) is 7.47. The van der Waals surface area contributed by atoms with Crippen LogP contribution in [0, 0.1) is 0 Å². The largest absolute Gasteiger partial charge is 0.386 e. The molecular weight excluding hydrogens is 158 g/mol. The second kappa shape index (κ2) is 7.90. The Morgan fingerprint density at radius 3 is 2.62 bits per heavy atom. The van der Waals surface area contributed by atoms with Crippen LogP contribution in [0.4, 0.5) is 0 Å². The first-order chi connectivity index (χ1) is 6.24. The van der Waals surface area contributed by atoms with E-state index in [9.17, 15) is 0 Å². The van der Waals surface area contributed by atoms with Gasteiger partial charge in [-0.15, -0.1) is 6.58 Å². The highest BCUT2D eigenvalue weighted by atomic mass is 14.9. The third-order valence-corrected chi connectivity index (χ3v) is 2.15. The van der Waals surface area contributed by atoms with Crippen LogP contribution in [0.5, 0.6) is 0 Å². The van der Waals surface area contributed by atoms with Crippen molar-refractivity contribution in [1.82, 2.24) is 5.32 Å². The van der Waals surface area contributed by atoms with Gasteiger partial charge in [0.05, 0.1) is 0 Å². The Morgan fingerprint density at radius 2 is 2.15 bits per heavy atom. The van der Waals surface area contributed by atoms with Gasteiger partial charge in [-0.05, 0) is 32.6 Å². The van der Waals surface area contributed by atoms with E-state index in [1.165, 1.54) is 18.5 Å². The standard InChI is InChI=1S/C12H23N/c1-5-8-10-12(7-3)13-11(4)9-6-2/h5,9,12-13H,1,6-8,10H2,2-4H3/b11-9+. The summed E-state index contributed by atoms with van der Waals surface area (Å²) in [4.78, 5) is 0. The molecule has 0 aliphatic rings. The molecule has 1 heteroatoms. The van der Waals surface area contributed by atoms with Gasteiger partial charge in [0.25, 0.3) is 0 Å². The van der Waals surface area contributed by atoms with Crippen LogP contribution in [0.2, 0.25) is 0 Å². The van der Waals surface area contributed by atoms with Crippen molar-refractivity contribution < 1.29 is 0 Å². The Hall–Kier alpha value is -0.720. The van der Waals surface area contributed by atoms with Gasteiger partial charge in [-0.25, -0.2) is 0 Å². The minimum atomic E-state index is 0.612. The van der Waals surface area contributed by atoms with Crippen molar-refractivity contribution >= 4 is 0 Å². The minimum Gasteiger partial charge on any atom is -0.386 e. The molecule has 0 aromatic carbocycles. The summed E-state index contributed by atoms with van der Waals surface area (Å²) < 4.78 is 0. The van der Waals surface area contributed by atoms with E-state index in [2.05, 4.69) is 38.7 Å². The highest BCUT2D eigenvalue weighted by Gasteiger charge is 2.03. The zero-order valence-electron chi connectivity index (χ0n) is 9.27. The molecular formula is C12H23N. The van der Waals surface area contributed by atoms with Crippen LogP contribution in [0.3, 0.4) is 0 Å². The van der Waals surface area contributed by atoms with Crippen LogP contribution < -0.4 is 5.32 Å². The molecule has 0 saturated heterocycles. The normalized spacial score (nSPS) is 13.9. The predicted octanol–water partition coefficient (Wildman–Crippen LogP) is 3.63. The topological polar surface area (TPSA) is 12.0 Å². The average Bonchev–Trinajstić information content (AvgIpc) is 2.12. The first kappa shape index (κ1) is 12.3. The number of hydrogen-bond acceptors (Lipinski definition) is 1. The fraction of sp³-hybridized carbons (Fsp3) is 0.667. The summed E-state index contributed by atoms with van der Waals surface area (Å²) in [6.45, 7) is 10.3. The van der Waals surface area contributed by atoms with Crippen LogP contribution >= 0.6 is 0 Å². The number of rotatable bonds is 7. The van der Waals surface area contributed by atoms with Crippen LogP contribution in [-0.4, -0.2) is 6.04 Å². The monoisotopic (exact) mass is 181 g/mol. The van der Waals surface area contributed by atoms with Crippen LogP contribution in [0.25, 0.3) is 0 Å². The highest BCUT2D eigenvalue weighted by molar-refractivity contribution is 4.96. The quantitative estimate of drug-likeness (QED) is 0.591. The lowest BCUT2D eigenvalue weighted by molar-refractivity contribution is 0.515. The maximum atomic E-state index is 3.74. The summed E-state index contributed by atoms with van der Waals surface area (Å²) in [6, 6.07) is 0.612. The Labute approximate surface area is 82.9 Å². The van der Waals surface area contributed by atoms with Gasteiger partial charge in [0.2, 0.25) is 0 Å². The van der Waals surface area contributed by atoms with Crippen molar-refractivity contribution in [3.05, 3.63) is 24.4 Å². The van der Waals surface area contributed by atoms with Gasteiger partial charge < -0.3 is 5.32 Å². The zero-order chi connectivity index (χ0) is 10.1. The van der Waals surface area contributed by atoms with Gasteiger partial charge in [0.15, 0.2) is 0 Å². The Balaban J connectivity index is 3.82. The SMILES string of the molecule is C=CCCC(CC)N/C(C)=C/CC. The van der Waals surface area contributed by atoms with E-state index < -0.39 is 0 Å². The molecule has 0 heterocycles. The number of allylic oxidation sites excluding steroid dienone is 3. The van der Waals surface area contributed by atoms with Gasteiger partial charge in [-0.1, -0.05) is 26.0 Å².